The Morgan fingerprint density at radius 3 is 2.79 bits per heavy atom. The fourth-order valence-electron chi connectivity index (χ4n) is 1.62. The van der Waals surface area contributed by atoms with Crippen molar-refractivity contribution in [3.8, 4) is 0 Å². The van der Waals surface area contributed by atoms with Crippen LogP contribution in [0.5, 0.6) is 0 Å². The van der Waals surface area contributed by atoms with Crippen LogP contribution in [0.1, 0.15) is 25.1 Å². The van der Waals surface area contributed by atoms with Crippen LogP contribution in [-0.4, -0.2) is 32.9 Å². The molecule has 0 saturated carbocycles. The smallest absolute Gasteiger partial charge is 0.243 e. The van der Waals surface area contributed by atoms with Gasteiger partial charge in [-0.05, 0) is 26.0 Å². The summed E-state index contributed by atoms with van der Waals surface area (Å²) < 4.78 is 25.9. The Morgan fingerprint density at radius 2 is 2.21 bits per heavy atom. The van der Waals surface area contributed by atoms with E-state index in [9.17, 15) is 8.42 Å². The minimum Gasteiger partial charge on any atom is -0.312 e. The largest absolute Gasteiger partial charge is 0.312 e. The second-order valence-electron chi connectivity index (χ2n) is 4.64. The van der Waals surface area contributed by atoms with Crippen LogP contribution in [0, 0.1) is 0 Å². The molecular weight excluding hydrogens is 280 g/mol. The van der Waals surface area contributed by atoms with Gasteiger partial charge in [0, 0.05) is 30.4 Å². The lowest BCUT2D eigenvalue weighted by molar-refractivity contribution is 0.493. The molecule has 4 nitrogen and oxygen atoms in total. The van der Waals surface area contributed by atoms with Gasteiger partial charge in [0.2, 0.25) is 10.0 Å². The van der Waals surface area contributed by atoms with Crippen molar-refractivity contribution in [2.24, 2.45) is 0 Å². The maximum atomic E-state index is 12.3. The molecule has 0 atom stereocenters. The molecule has 0 aromatic carbocycles. The Hall–Kier alpha value is -0.690. The van der Waals surface area contributed by atoms with E-state index in [1.54, 1.807) is 18.5 Å². The lowest BCUT2D eigenvalue weighted by atomic mass is 10.4. The highest BCUT2D eigenvalue weighted by Gasteiger charge is 2.21. The summed E-state index contributed by atoms with van der Waals surface area (Å²) in [5.74, 6) is 0. The summed E-state index contributed by atoms with van der Waals surface area (Å²) in [6.45, 7) is 9.67. The van der Waals surface area contributed by atoms with Crippen molar-refractivity contribution in [3.05, 3.63) is 28.5 Å². The molecule has 0 aliphatic rings. The molecule has 0 aliphatic heterocycles. The number of hydrogen-bond donors (Lipinski definition) is 1. The minimum absolute atomic E-state index is 0.349. The molecule has 1 aromatic heterocycles. The predicted molar refractivity (Wildman–Crippen MR) is 80.9 cm³/mol. The van der Waals surface area contributed by atoms with Gasteiger partial charge in [-0.3, -0.25) is 0 Å². The molecule has 1 aromatic rings. The van der Waals surface area contributed by atoms with Crippen LogP contribution in [0.3, 0.4) is 0 Å². The van der Waals surface area contributed by atoms with E-state index in [1.807, 2.05) is 6.92 Å². The first kappa shape index (κ1) is 16.4. The van der Waals surface area contributed by atoms with Crippen LogP contribution >= 0.6 is 11.3 Å². The Kier molecular flexibility index (Phi) is 6.19. The van der Waals surface area contributed by atoms with E-state index >= 15 is 0 Å². The molecule has 1 rings (SSSR count). The third-order valence-corrected chi connectivity index (χ3v) is 5.42. The number of sulfonamides is 1. The van der Waals surface area contributed by atoms with Gasteiger partial charge in [-0.1, -0.05) is 19.1 Å². The van der Waals surface area contributed by atoms with Crippen LogP contribution in [0.2, 0.25) is 0 Å². The maximum Gasteiger partial charge on any atom is 0.243 e. The molecular formula is C13H22N2O2S2. The number of nitrogens with zero attached hydrogens (tertiary/aromatic N) is 1. The van der Waals surface area contributed by atoms with E-state index in [4.69, 9.17) is 0 Å². The Morgan fingerprint density at radius 1 is 1.53 bits per heavy atom. The molecule has 0 unspecified atom stereocenters. The van der Waals surface area contributed by atoms with E-state index in [1.165, 1.54) is 15.6 Å². The molecule has 0 amide bonds. The zero-order chi connectivity index (χ0) is 14.5. The molecule has 0 spiro atoms. The van der Waals surface area contributed by atoms with Gasteiger partial charge in [0.1, 0.15) is 0 Å². The fourth-order valence-corrected chi connectivity index (χ4v) is 4.08. The number of rotatable bonds is 8. The quantitative estimate of drug-likeness (QED) is 0.593. The maximum absolute atomic E-state index is 12.3. The summed E-state index contributed by atoms with van der Waals surface area (Å²) in [6, 6.07) is 1.75. The predicted octanol–water partition coefficient (Wildman–Crippen LogP) is 2.44. The average Bonchev–Trinajstić information content (AvgIpc) is 2.78. The van der Waals surface area contributed by atoms with E-state index in [0.29, 0.717) is 11.4 Å². The van der Waals surface area contributed by atoms with Crippen LogP contribution in [0.25, 0.3) is 0 Å². The molecule has 0 aliphatic carbocycles. The molecule has 0 bridgehead atoms. The summed E-state index contributed by atoms with van der Waals surface area (Å²) in [4.78, 5) is 1.41. The molecule has 1 N–H and O–H groups in total. The van der Waals surface area contributed by atoms with Crippen molar-refractivity contribution < 1.29 is 8.42 Å². The summed E-state index contributed by atoms with van der Waals surface area (Å²) in [6.07, 6.45) is 1.07. The van der Waals surface area contributed by atoms with E-state index in [-0.39, 0.29) is 0 Å². The van der Waals surface area contributed by atoms with E-state index in [2.05, 4.69) is 18.8 Å². The second kappa shape index (κ2) is 7.19. The summed E-state index contributed by atoms with van der Waals surface area (Å²) >= 11 is 1.47. The normalized spacial score (nSPS) is 12.0. The van der Waals surface area contributed by atoms with Gasteiger partial charge in [-0.2, -0.15) is 4.31 Å². The van der Waals surface area contributed by atoms with Crippen molar-refractivity contribution >= 4 is 21.4 Å². The molecule has 19 heavy (non-hydrogen) atoms. The van der Waals surface area contributed by atoms with Crippen LogP contribution in [0.15, 0.2) is 28.5 Å². The Bertz CT molecular complexity index is 521. The third-order valence-electron chi connectivity index (χ3n) is 2.56. The number of thiophene rings is 1. The zero-order valence-corrected chi connectivity index (χ0v) is 13.4. The van der Waals surface area contributed by atoms with Crippen LogP contribution in [-0.2, 0) is 16.6 Å². The van der Waals surface area contributed by atoms with Crippen molar-refractivity contribution in [2.75, 3.05) is 20.1 Å². The Balaban J connectivity index is 2.76. The van der Waals surface area contributed by atoms with Crippen molar-refractivity contribution in [3.63, 3.8) is 0 Å². The van der Waals surface area contributed by atoms with Crippen LogP contribution < -0.4 is 5.32 Å². The van der Waals surface area contributed by atoms with Crippen molar-refractivity contribution in [1.29, 1.82) is 0 Å². The lowest BCUT2D eigenvalue weighted by Crippen LogP contribution is -2.28. The highest BCUT2D eigenvalue weighted by molar-refractivity contribution is 7.89. The zero-order valence-electron chi connectivity index (χ0n) is 11.8. The molecule has 1 heterocycles. The topological polar surface area (TPSA) is 49.4 Å². The van der Waals surface area contributed by atoms with Crippen LogP contribution in [0.4, 0.5) is 0 Å². The van der Waals surface area contributed by atoms with Gasteiger partial charge in [-0.25, -0.2) is 8.42 Å². The first-order valence-electron chi connectivity index (χ1n) is 6.26. The molecule has 0 fully saturated rings. The monoisotopic (exact) mass is 302 g/mol. The van der Waals surface area contributed by atoms with Crippen molar-refractivity contribution in [1.82, 2.24) is 9.62 Å². The van der Waals surface area contributed by atoms with Gasteiger partial charge < -0.3 is 5.32 Å². The lowest BCUT2D eigenvalue weighted by Gasteiger charge is -2.15. The van der Waals surface area contributed by atoms with E-state index < -0.39 is 10.0 Å². The molecule has 0 radical (unpaired) electrons. The highest BCUT2D eigenvalue weighted by atomic mass is 32.2. The van der Waals surface area contributed by atoms with Gasteiger partial charge in [0.05, 0.1) is 4.90 Å². The van der Waals surface area contributed by atoms with Gasteiger partial charge in [-0.15, -0.1) is 11.3 Å². The third kappa shape index (κ3) is 4.72. The highest BCUT2D eigenvalue weighted by Crippen LogP contribution is 2.22. The molecule has 108 valence electrons. The number of hydrogen-bond acceptors (Lipinski definition) is 4. The fraction of sp³-hybridized carbons (Fsp3) is 0.538. The summed E-state index contributed by atoms with van der Waals surface area (Å²) in [7, 11) is -1.81. The first-order valence-corrected chi connectivity index (χ1v) is 8.58. The van der Waals surface area contributed by atoms with Gasteiger partial charge in [0.15, 0.2) is 0 Å². The average molecular weight is 302 g/mol. The number of likely N-dealkylation sites (N-methyl/N-ethyl adjacent to an activating group) is 1. The van der Waals surface area contributed by atoms with Gasteiger partial charge in [0.25, 0.3) is 0 Å². The standard InChI is InChI=1S/C13H22N2O2S2/c1-5-6-14-8-12-7-13(10-18-12)19(16,17)15(4)9-11(2)3/h7,10,14H,2,5-6,8-9H2,1,3-4H3. The Labute approximate surface area is 120 Å². The molecule has 6 heteroatoms. The van der Waals surface area contributed by atoms with Gasteiger partial charge >= 0.3 is 0 Å². The number of nitrogens with one attached hydrogen (secondary N) is 1. The minimum atomic E-state index is -3.39. The second-order valence-corrected chi connectivity index (χ2v) is 7.68. The van der Waals surface area contributed by atoms with Crippen molar-refractivity contribution in [2.45, 2.75) is 31.7 Å². The molecule has 0 saturated heterocycles. The summed E-state index contributed by atoms with van der Waals surface area (Å²) in [5, 5.41) is 4.97. The SMILES string of the molecule is C=C(C)CN(C)S(=O)(=O)c1csc(CNCCC)c1. The van der Waals surface area contributed by atoms with E-state index in [0.717, 1.165) is 30.0 Å². The summed E-state index contributed by atoms with van der Waals surface area (Å²) in [5.41, 5.74) is 0.825. The first-order chi connectivity index (χ1) is 8.87.